The van der Waals surface area contributed by atoms with Crippen LogP contribution in [0.2, 0.25) is 0 Å². The first kappa shape index (κ1) is 14.0. The molecule has 1 heterocycles. The van der Waals surface area contributed by atoms with Crippen molar-refractivity contribution in [3.05, 3.63) is 29.6 Å². The first-order valence-electron chi connectivity index (χ1n) is 7.05. The number of amides is 1. The summed E-state index contributed by atoms with van der Waals surface area (Å²) in [5.41, 5.74) is 2.12. The van der Waals surface area contributed by atoms with E-state index in [2.05, 4.69) is 32.7 Å². The zero-order chi connectivity index (χ0) is 14.2. The van der Waals surface area contributed by atoms with Gasteiger partial charge >= 0.3 is 0 Å². The maximum Gasteiger partial charge on any atom is 0.256 e. The highest BCUT2D eigenvalue weighted by Gasteiger charge is 2.42. The van der Waals surface area contributed by atoms with Crippen molar-refractivity contribution >= 4 is 5.91 Å². The molecule has 1 fully saturated rings. The van der Waals surface area contributed by atoms with Crippen molar-refractivity contribution in [2.24, 2.45) is 5.41 Å². The maximum atomic E-state index is 12.7. The normalized spacial score (nSPS) is 18.2. The van der Waals surface area contributed by atoms with E-state index >= 15 is 0 Å². The van der Waals surface area contributed by atoms with Gasteiger partial charge < -0.3 is 4.90 Å². The topological polar surface area (TPSA) is 33.2 Å². The van der Waals surface area contributed by atoms with E-state index in [1.165, 1.54) is 0 Å². The smallest absolute Gasteiger partial charge is 0.256 e. The van der Waals surface area contributed by atoms with Crippen molar-refractivity contribution in [3.63, 3.8) is 0 Å². The molecule has 0 unspecified atom stereocenters. The number of carbonyl (C=O) groups is 1. The minimum absolute atomic E-state index is 0.126. The molecule has 0 bridgehead atoms. The summed E-state index contributed by atoms with van der Waals surface area (Å²) >= 11 is 0. The van der Waals surface area contributed by atoms with Crippen LogP contribution in [-0.2, 0) is 0 Å². The van der Waals surface area contributed by atoms with Gasteiger partial charge in [0.1, 0.15) is 0 Å². The Balaban J connectivity index is 2.21. The minimum atomic E-state index is 0.126. The van der Waals surface area contributed by atoms with Crippen LogP contribution in [0.5, 0.6) is 0 Å². The number of aryl methyl sites for hydroxylation is 1. The summed E-state index contributed by atoms with van der Waals surface area (Å²) in [6, 6.07) is 2.51. The predicted octanol–water partition coefficient (Wildman–Crippen LogP) is 3.43. The molecule has 1 saturated carbocycles. The molecule has 19 heavy (non-hydrogen) atoms. The van der Waals surface area contributed by atoms with E-state index in [1.807, 2.05) is 17.9 Å². The SMILES string of the molecule is Cc1ccncc1C(=O)N(C(C)C)C1CC(C)(C)C1. The van der Waals surface area contributed by atoms with Crippen molar-refractivity contribution in [1.29, 1.82) is 0 Å². The number of aromatic nitrogens is 1. The Morgan fingerprint density at radius 2 is 2.05 bits per heavy atom. The fourth-order valence-corrected chi connectivity index (χ4v) is 3.06. The lowest BCUT2D eigenvalue weighted by Gasteiger charge is -2.49. The van der Waals surface area contributed by atoms with Gasteiger partial charge in [0.15, 0.2) is 0 Å². The highest BCUT2D eigenvalue weighted by molar-refractivity contribution is 5.95. The van der Waals surface area contributed by atoms with Gasteiger partial charge in [-0.1, -0.05) is 13.8 Å². The lowest BCUT2D eigenvalue weighted by atomic mass is 9.67. The number of hydrogen-bond donors (Lipinski definition) is 0. The molecular weight excluding hydrogens is 236 g/mol. The molecule has 3 heteroatoms. The third-order valence-corrected chi connectivity index (χ3v) is 4.03. The van der Waals surface area contributed by atoms with E-state index in [4.69, 9.17) is 0 Å². The molecule has 1 aliphatic rings. The minimum Gasteiger partial charge on any atom is -0.333 e. The van der Waals surface area contributed by atoms with Crippen LogP contribution in [0, 0.1) is 12.3 Å². The van der Waals surface area contributed by atoms with Gasteiger partial charge in [-0.05, 0) is 50.7 Å². The average Bonchev–Trinajstić information content (AvgIpc) is 2.26. The summed E-state index contributed by atoms with van der Waals surface area (Å²) in [4.78, 5) is 18.9. The molecular formula is C16H24N2O. The summed E-state index contributed by atoms with van der Waals surface area (Å²) in [7, 11) is 0. The molecule has 0 N–H and O–H groups in total. The number of nitrogens with zero attached hydrogens (tertiary/aromatic N) is 2. The van der Waals surface area contributed by atoms with Gasteiger partial charge in [-0.2, -0.15) is 0 Å². The molecule has 0 atom stereocenters. The van der Waals surface area contributed by atoms with Crippen LogP contribution >= 0.6 is 0 Å². The quantitative estimate of drug-likeness (QED) is 0.834. The molecule has 3 nitrogen and oxygen atoms in total. The third-order valence-electron chi connectivity index (χ3n) is 4.03. The Morgan fingerprint density at radius 3 is 2.53 bits per heavy atom. The molecule has 104 valence electrons. The van der Waals surface area contributed by atoms with Crippen LogP contribution < -0.4 is 0 Å². The molecule has 1 aromatic heterocycles. The van der Waals surface area contributed by atoms with E-state index < -0.39 is 0 Å². The van der Waals surface area contributed by atoms with Gasteiger partial charge in [0, 0.05) is 24.5 Å². The third kappa shape index (κ3) is 2.80. The van der Waals surface area contributed by atoms with Crippen molar-refractivity contribution < 1.29 is 4.79 Å². The van der Waals surface area contributed by atoms with E-state index in [0.717, 1.165) is 24.0 Å². The molecule has 1 aliphatic carbocycles. The Bertz CT molecular complexity index is 471. The lowest BCUT2D eigenvalue weighted by molar-refractivity contribution is 0.0102. The maximum absolute atomic E-state index is 12.7. The second-order valence-electron chi connectivity index (χ2n) is 6.72. The zero-order valence-electron chi connectivity index (χ0n) is 12.6. The molecule has 0 saturated heterocycles. The van der Waals surface area contributed by atoms with Crippen LogP contribution in [0.1, 0.15) is 56.5 Å². The van der Waals surface area contributed by atoms with Gasteiger partial charge in [0.05, 0.1) is 5.56 Å². The highest BCUT2D eigenvalue weighted by Crippen LogP contribution is 2.43. The molecule has 0 aliphatic heterocycles. The van der Waals surface area contributed by atoms with Gasteiger partial charge in [0.25, 0.3) is 5.91 Å². The van der Waals surface area contributed by atoms with Crippen LogP contribution in [-0.4, -0.2) is 27.9 Å². The van der Waals surface area contributed by atoms with Gasteiger partial charge in [0.2, 0.25) is 0 Å². The van der Waals surface area contributed by atoms with Gasteiger partial charge in [-0.25, -0.2) is 0 Å². The fourth-order valence-electron chi connectivity index (χ4n) is 3.06. The Hall–Kier alpha value is -1.38. The highest BCUT2D eigenvalue weighted by atomic mass is 16.2. The summed E-state index contributed by atoms with van der Waals surface area (Å²) in [6.45, 7) is 10.7. The van der Waals surface area contributed by atoms with E-state index in [1.54, 1.807) is 12.4 Å². The van der Waals surface area contributed by atoms with Crippen molar-refractivity contribution in [3.8, 4) is 0 Å². The lowest BCUT2D eigenvalue weighted by Crippen LogP contribution is -2.53. The number of pyridine rings is 1. The summed E-state index contributed by atoms with van der Waals surface area (Å²) in [6.07, 6.45) is 5.61. The summed E-state index contributed by atoms with van der Waals surface area (Å²) in [5, 5.41) is 0. The summed E-state index contributed by atoms with van der Waals surface area (Å²) < 4.78 is 0. The van der Waals surface area contributed by atoms with Gasteiger partial charge in [-0.3, -0.25) is 9.78 Å². The van der Waals surface area contributed by atoms with Crippen molar-refractivity contribution in [2.75, 3.05) is 0 Å². The fraction of sp³-hybridized carbons (Fsp3) is 0.625. The monoisotopic (exact) mass is 260 g/mol. The van der Waals surface area contributed by atoms with Crippen molar-refractivity contribution in [1.82, 2.24) is 9.88 Å². The largest absolute Gasteiger partial charge is 0.333 e. The zero-order valence-corrected chi connectivity index (χ0v) is 12.6. The molecule has 0 radical (unpaired) electrons. The van der Waals surface area contributed by atoms with E-state index in [-0.39, 0.29) is 11.9 Å². The van der Waals surface area contributed by atoms with E-state index in [0.29, 0.717) is 11.5 Å². The Labute approximate surface area is 116 Å². The average molecular weight is 260 g/mol. The van der Waals surface area contributed by atoms with Gasteiger partial charge in [-0.15, -0.1) is 0 Å². The van der Waals surface area contributed by atoms with Crippen LogP contribution in [0.4, 0.5) is 0 Å². The molecule has 0 spiro atoms. The predicted molar refractivity (Wildman–Crippen MR) is 77.1 cm³/mol. The summed E-state index contributed by atoms with van der Waals surface area (Å²) in [5.74, 6) is 0.126. The second-order valence-corrected chi connectivity index (χ2v) is 6.72. The molecule has 1 amide bonds. The first-order chi connectivity index (χ1) is 8.82. The number of rotatable bonds is 3. The Morgan fingerprint density at radius 1 is 1.42 bits per heavy atom. The first-order valence-corrected chi connectivity index (χ1v) is 7.05. The van der Waals surface area contributed by atoms with E-state index in [9.17, 15) is 4.79 Å². The van der Waals surface area contributed by atoms with Crippen LogP contribution in [0.25, 0.3) is 0 Å². The van der Waals surface area contributed by atoms with Crippen LogP contribution in [0.3, 0.4) is 0 Å². The van der Waals surface area contributed by atoms with Crippen molar-refractivity contribution in [2.45, 2.75) is 59.5 Å². The molecule has 2 rings (SSSR count). The second kappa shape index (κ2) is 4.95. The standard InChI is InChI=1S/C16H24N2O/c1-11(2)18(13-8-16(4,5)9-13)15(19)14-10-17-7-6-12(14)3/h6-7,10-11,13H,8-9H2,1-5H3. The Kier molecular flexibility index (Phi) is 3.66. The number of hydrogen-bond acceptors (Lipinski definition) is 2. The molecule has 1 aromatic rings. The van der Waals surface area contributed by atoms with Crippen LogP contribution in [0.15, 0.2) is 18.5 Å². The molecule has 0 aromatic carbocycles. The number of carbonyl (C=O) groups excluding carboxylic acids is 1.